The molecule has 0 fully saturated rings. The SMILES string of the molecule is CCN(Cc1cnn(C(C)C)c1)C(=O)Nc1cccc(-c2ccco2)c1. The molecular formula is C20H24N4O2. The van der Waals surface area contributed by atoms with E-state index in [2.05, 4.69) is 24.3 Å². The topological polar surface area (TPSA) is 63.3 Å². The van der Waals surface area contributed by atoms with E-state index >= 15 is 0 Å². The summed E-state index contributed by atoms with van der Waals surface area (Å²) < 4.78 is 7.31. The highest BCUT2D eigenvalue weighted by molar-refractivity contribution is 5.90. The molecule has 0 aliphatic rings. The van der Waals surface area contributed by atoms with Gasteiger partial charge in [0.05, 0.1) is 19.0 Å². The molecule has 3 aromatic rings. The van der Waals surface area contributed by atoms with E-state index in [4.69, 9.17) is 4.42 Å². The van der Waals surface area contributed by atoms with E-state index in [0.29, 0.717) is 19.1 Å². The number of furan rings is 1. The molecule has 0 atom stereocenters. The van der Waals surface area contributed by atoms with E-state index in [1.807, 2.05) is 60.4 Å². The largest absolute Gasteiger partial charge is 0.464 e. The molecule has 1 N–H and O–H groups in total. The van der Waals surface area contributed by atoms with Crippen LogP contribution in [0.5, 0.6) is 0 Å². The van der Waals surface area contributed by atoms with E-state index in [0.717, 1.165) is 22.6 Å². The number of nitrogens with one attached hydrogen (secondary N) is 1. The fourth-order valence-corrected chi connectivity index (χ4v) is 2.68. The molecule has 3 rings (SSSR count). The van der Waals surface area contributed by atoms with Crippen LogP contribution in [0.15, 0.2) is 59.5 Å². The quantitative estimate of drug-likeness (QED) is 0.694. The minimum atomic E-state index is -0.138. The Morgan fingerprint density at radius 1 is 1.31 bits per heavy atom. The summed E-state index contributed by atoms with van der Waals surface area (Å²) in [6.07, 6.45) is 5.43. The van der Waals surface area contributed by atoms with Crippen molar-refractivity contribution >= 4 is 11.7 Å². The number of nitrogens with zero attached hydrogens (tertiary/aromatic N) is 3. The molecule has 2 aromatic heterocycles. The smallest absolute Gasteiger partial charge is 0.322 e. The van der Waals surface area contributed by atoms with Crippen molar-refractivity contribution in [1.82, 2.24) is 14.7 Å². The number of amides is 2. The molecule has 2 amide bonds. The first kappa shape index (κ1) is 17.8. The first-order chi connectivity index (χ1) is 12.6. The van der Waals surface area contributed by atoms with Crippen LogP contribution in [0.4, 0.5) is 10.5 Å². The van der Waals surface area contributed by atoms with Gasteiger partial charge in [0.2, 0.25) is 0 Å². The van der Waals surface area contributed by atoms with Crippen LogP contribution in [0.3, 0.4) is 0 Å². The van der Waals surface area contributed by atoms with Gasteiger partial charge < -0.3 is 14.6 Å². The van der Waals surface area contributed by atoms with Gasteiger partial charge in [0, 0.05) is 35.6 Å². The lowest BCUT2D eigenvalue weighted by Gasteiger charge is -2.21. The molecule has 0 bridgehead atoms. The molecule has 0 radical (unpaired) electrons. The molecule has 2 heterocycles. The molecule has 0 saturated carbocycles. The zero-order valence-corrected chi connectivity index (χ0v) is 15.3. The lowest BCUT2D eigenvalue weighted by Crippen LogP contribution is -2.34. The number of carbonyl (C=O) groups excluding carboxylic acids is 1. The first-order valence-corrected chi connectivity index (χ1v) is 8.79. The van der Waals surface area contributed by atoms with Crippen molar-refractivity contribution in [1.29, 1.82) is 0 Å². The first-order valence-electron chi connectivity index (χ1n) is 8.79. The second-order valence-electron chi connectivity index (χ2n) is 6.42. The van der Waals surface area contributed by atoms with Gasteiger partial charge in [-0.1, -0.05) is 12.1 Å². The third-order valence-electron chi connectivity index (χ3n) is 4.15. The molecule has 0 unspecified atom stereocenters. The van der Waals surface area contributed by atoms with Gasteiger partial charge in [0.15, 0.2) is 0 Å². The van der Waals surface area contributed by atoms with E-state index < -0.39 is 0 Å². The minimum Gasteiger partial charge on any atom is -0.464 e. The predicted octanol–water partition coefficient (Wildman–Crippen LogP) is 4.78. The van der Waals surface area contributed by atoms with Gasteiger partial charge >= 0.3 is 6.03 Å². The van der Waals surface area contributed by atoms with Crippen LogP contribution in [0, 0.1) is 0 Å². The molecule has 1 aromatic carbocycles. The Bertz CT molecular complexity index is 852. The van der Waals surface area contributed by atoms with Crippen molar-refractivity contribution in [3.8, 4) is 11.3 Å². The van der Waals surface area contributed by atoms with Gasteiger partial charge in [-0.15, -0.1) is 0 Å². The van der Waals surface area contributed by atoms with Crippen molar-refractivity contribution in [2.45, 2.75) is 33.4 Å². The highest BCUT2D eigenvalue weighted by Gasteiger charge is 2.14. The summed E-state index contributed by atoms with van der Waals surface area (Å²) in [6.45, 7) is 7.25. The van der Waals surface area contributed by atoms with Crippen molar-refractivity contribution in [2.24, 2.45) is 0 Å². The number of hydrogen-bond donors (Lipinski definition) is 1. The van der Waals surface area contributed by atoms with Crippen LogP contribution in [0.1, 0.15) is 32.4 Å². The molecule has 0 aliphatic heterocycles. The molecule has 136 valence electrons. The molecule has 6 heteroatoms. The maximum atomic E-state index is 12.7. The number of rotatable bonds is 6. The van der Waals surface area contributed by atoms with Gasteiger partial charge in [-0.25, -0.2) is 4.79 Å². The molecule has 6 nitrogen and oxygen atoms in total. The summed E-state index contributed by atoms with van der Waals surface area (Å²) in [5, 5.41) is 7.30. The average Bonchev–Trinajstić information content (AvgIpc) is 3.31. The van der Waals surface area contributed by atoms with Gasteiger partial charge in [-0.2, -0.15) is 5.10 Å². The average molecular weight is 352 g/mol. The molecular weight excluding hydrogens is 328 g/mol. The maximum absolute atomic E-state index is 12.7. The van der Waals surface area contributed by atoms with Crippen LogP contribution >= 0.6 is 0 Å². The molecule has 26 heavy (non-hydrogen) atoms. The summed E-state index contributed by atoms with van der Waals surface area (Å²) in [6, 6.07) is 11.5. The van der Waals surface area contributed by atoms with Gasteiger partial charge in [-0.3, -0.25) is 4.68 Å². The van der Waals surface area contributed by atoms with Gasteiger partial charge in [-0.05, 0) is 45.0 Å². The van der Waals surface area contributed by atoms with Crippen LogP contribution in [0.2, 0.25) is 0 Å². The summed E-state index contributed by atoms with van der Waals surface area (Å²) in [5.74, 6) is 0.773. The Hall–Kier alpha value is -3.02. The Morgan fingerprint density at radius 3 is 2.81 bits per heavy atom. The second-order valence-corrected chi connectivity index (χ2v) is 6.42. The normalized spacial score (nSPS) is 10.9. The van der Waals surface area contributed by atoms with E-state index in [-0.39, 0.29) is 6.03 Å². The molecule has 0 saturated heterocycles. The summed E-state index contributed by atoms with van der Waals surface area (Å²) in [7, 11) is 0. The number of aromatic nitrogens is 2. The van der Waals surface area contributed by atoms with Crippen molar-refractivity contribution in [2.75, 3.05) is 11.9 Å². The van der Waals surface area contributed by atoms with Crippen LogP contribution in [0.25, 0.3) is 11.3 Å². The summed E-state index contributed by atoms with van der Waals surface area (Å²) >= 11 is 0. The highest BCUT2D eigenvalue weighted by atomic mass is 16.3. The minimum absolute atomic E-state index is 0.138. The van der Waals surface area contributed by atoms with Crippen LogP contribution in [-0.2, 0) is 6.54 Å². The zero-order valence-electron chi connectivity index (χ0n) is 15.3. The zero-order chi connectivity index (χ0) is 18.5. The Morgan fingerprint density at radius 2 is 2.15 bits per heavy atom. The molecule has 0 spiro atoms. The van der Waals surface area contributed by atoms with Crippen molar-refractivity contribution in [3.05, 3.63) is 60.6 Å². The monoisotopic (exact) mass is 352 g/mol. The van der Waals surface area contributed by atoms with Gasteiger partial charge in [0.25, 0.3) is 0 Å². The Kier molecular flexibility index (Phi) is 5.41. The van der Waals surface area contributed by atoms with Crippen molar-refractivity contribution in [3.63, 3.8) is 0 Å². The fraction of sp³-hybridized carbons (Fsp3) is 0.300. The predicted molar refractivity (Wildman–Crippen MR) is 102 cm³/mol. The standard InChI is InChI=1S/C20H24N4O2/c1-4-23(13-16-12-21-24(14-16)15(2)3)20(25)22-18-8-5-7-17(11-18)19-9-6-10-26-19/h5-12,14-15H,4,13H2,1-3H3,(H,22,25). The number of anilines is 1. The Balaban J connectivity index is 1.68. The lowest BCUT2D eigenvalue weighted by atomic mass is 10.1. The number of urea groups is 1. The van der Waals surface area contributed by atoms with Gasteiger partial charge in [0.1, 0.15) is 5.76 Å². The Labute approximate surface area is 153 Å². The van der Waals surface area contributed by atoms with Crippen LogP contribution < -0.4 is 5.32 Å². The highest BCUT2D eigenvalue weighted by Crippen LogP contribution is 2.23. The third-order valence-corrected chi connectivity index (χ3v) is 4.15. The number of hydrogen-bond acceptors (Lipinski definition) is 3. The number of benzene rings is 1. The van der Waals surface area contributed by atoms with Crippen molar-refractivity contribution < 1.29 is 9.21 Å². The van der Waals surface area contributed by atoms with Crippen LogP contribution in [-0.4, -0.2) is 27.3 Å². The maximum Gasteiger partial charge on any atom is 0.322 e. The molecule has 0 aliphatic carbocycles. The second kappa shape index (κ2) is 7.91. The third kappa shape index (κ3) is 4.14. The number of carbonyl (C=O) groups is 1. The lowest BCUT2D eigenvalue weighted by molar-refractivity contribution is 0.212. The fourth-order valence-electron chi connectivity index (χ4n) is 2.68. The van der Waals surface area contributed by atoms with E-state index in [1.54, 1.807) is 11.2 Å². The van der Waals surface area contributed by atoms with E-state index in [1.165, 1.54) is 0 Å². The summed E-state index contributed by atoms with van der Waals surface area (Å²) in [4.78, 5) is 14.4. The van der Waals surface area contributed by atoms with E-state index in [9.17, 15) is 4.79 Å². The summed E-state index contributed by atoms with van der Waals surface area (Å²) in [5.41, 5.74) is 2.68.